The summed E-state index contributed by atoms with van der Waals surface area (Å²) in [4.78, 5) is 0.624. The van der Waals surface area contributed by atoms with Gasteiger partial charge in [-0.1, -0.05) is 23.7 Å². The molecule has 0 aliphatic carbocycles. The van der Waals surface area contributed by atoms with E-state index in [4.69, 9.17) is 17.3 Å². The molecule has 0 saturated carbocycles. The van der Waals surface area contributed by atoms with Gasteiger partial charge in [0, 0.05) is 29.7 Å². The maximum Gasteiger partial charge on any atom is 0.136 e. The highest BCUT2D eigenvalue weighted by Crippen LogP contribution is 2.25. The van der Waals surface area contributed by atoms with Gasteiger partial charge in [-0.25, -0.2) is 4.39 Å². The predicted molar refractivity (Wildman–Crippen MR) is 86.5 cm³/mol. The number of aryl methyl sites for hydroxylation is 2. The minimum atomic E-state index is -0.206. The number of nitrogens with zero attached hydrogens (tertiary/aromatic N) is 2. The van der Waals surface area contributed by atoms with Crippen LogP contribution in [0, 0.1) is 12.7 Å². The molecule has 1 heterocycles. The molecule has 2 N–H and O–H groups in total. The first-order valence-electron chi connectivity index (χ1n) is 6.87. The fourth-order valence-corrected chi connectivity index (χ4v) is 3.23. The number of halogens is 2. The number of hydrogen-bond donors (Lipinski definition) is 1. The van der Waals surface area contributed by atoms with Gasteiger partial charge >= 0.3 is 0 Å². The molecule has 2 rings (SSSR count). The minimum absolute atomic E-state index is 0.103. The molecule has 0 amide bonds. The van der Waals surface area contributed by atoms with Gasteiger partial charge in [0.1, 0.15) is 5.82 Å². The SMILES string of the molecule is CCn1nc(C)c(Cl)c1CC(N)CSc1ccccc1F. The largest absolute Gasteiger partial charge is 0.327 e. The van der Waals surface area contributed by atoms with Crippen LogP contribution in [0.5, 0.6) is 0 Å². The van der Waals surface area contributed by atoms with Crippen molar-refractivity contribution >= 4 is 23.4 Å². The number of thioether (sulfide) groups is 1. The molecule has 3 nitrogen and oxygen atoms in total. The van der Waals surface area contributed by atoms with Crippen LogP contribution in [0.4, 0.5) is 4.39 Å². The summed E-state index contributed by atoms with van der Waals surface area (Å²) in [6.45, 7) is 4.67. The average Bonchev–Trinajstić information content (AvgIpc) is 2.74. The zero-order valence-corrected chi connectivity index (χ0v) is 13.7. The Hall–Kier alpha value is -1.04. The van der Waals surface area contributed by atoms with Gasteiger partial charge in [0.25, 0.3) is 0 Å². The van der Waals surface area contributed by atoms with Gasteiger partial charge < -0.3 is 5.73 Å². The van der Waals surface area contributed by atoms with Gasteiger partial charge in [0.05, 0.1) is 16.4 Å². The molecular weight excluding hydrogens is 309 g/mol. The van der Waals surface area contributed by atoms with E-state index < -0.39 is 0 Å². The fraction of sp³-hybridized carbons (Fsp3) is 0.400. The maximum absolute atomic E-state index is 13.6. The van der Waals surface area contributed by atoms with E-state index >= 15 is 0 Å². The van der Waals surface area contributed by atoms with Crippen molar-refractivity contribution in [2.24, 2.45) is 5.73 Å². The zero-order chi connectivity index (χ0) is 15.4. The minimum Gasteiger partial charge on any atom is -0.327 e. The molecule has 0 aliphatic rings. The number of nitrogens with two attached hydrogens (primary N) is 1. The van der Waals surface area contributed by atoms with E-state index in [2.05, 4.69) is 5.10 Å². The Bertz CT molecular complexity index is 615. The van der Waals surface area contributed by atoms with Gasteiger partial charge in [0.15, 0.2) is 0 Å². The lowest BCUT2D eigenvalue weighted by Crippen LogP contribution is -2.27. The zero-order valence-electron chi connectivity index (χ0n) is 12.1. The van der Waals surface area contributed by atoms with Crippen molar-refractivity contribution < 1.29 is 4.39 Å². The molecule has 1 aromatic heterocycles. The molecule has 0 bridgehead atoms. The van der Waals surface area contributed by atoms with Crippen LogP contribution in [-0.2, 0) is 13.0 Å². The summed E-state index contributed by atoms with van der Waals surface area (Å²) in [5, 5.41) is 5.06. The van der Waals surface area contributed by atoms with Crippen LogP contribution in [0.15, 0.2) is 29.2 Å². The third kappa shape index (κ3) is 3.99. The van der Waals surface area contributed by atoms with Crippen LogP contribution >= 0.6 is 23.4 Å². The monoisotopic (exact) mass is 327 g/mol. The van der Waals surface area contributed by atoms with E-state index in [1.807, 2.05) is 24.6 Å². The topological polar surface area (TPSA) is 43.8 Å². The Kier molecular flexibility index (Phi) is 5.67. The molecule has 1 atom stereocenters. The smallest absolute Gasteiger partial charge is 0.136 e. The fourth-order valence-electron chi connectivity index (χ4n) is 2.13. The van der Waals surface area contributed by atoms with Crippen molar-refractivity contribution in [3.63, 3.8) is 0 Å². The second kappa shape index (κ2) is 7.29. The maximum atomic E-state index is 13.6. The Morgan fingerprint density at radius 3 is 2.81 bits per heavy atom. The molecule has 0 aliphatic heterocycles. The highest BCUT2D eigenvalue weighted by molar-refractivity contribution is 7.99. The van der Waals surface area contributed by atoms with Crippen LogP contribution in [0.2, 0.25) is 5.02 Å². The van der Waals surface area contributed by atoms with E-state index in [0.29, 0.717) is 22.1 Å². The molecular formula is C15H19ClFN3S. The lowest BCUT2D eigenvalue weighted by atomic mass is 10.2. The molecule has 21 heavy (non-hydrogen) atoms. The second-order valence-electron chi connectivity index (χ2n) is 4.87. The van der Waals surface area contributed by atoms with Crippen molar-refractivity contribution in [1.29, 1.82) is 0 Å². The van der Waals surface area contributed by atoms with Crippen LogP contribution in [-0.4, -0.2) is 21.6 Å². The van der Waals surface area contributed by atoms with Crippen LogP contribution < -0.4 is 5.73 Å². The molecule has 0 fully saturated rings. The Balaban J connectivity index is 1.99. The van der Waals surface area contributed by atoms with E-state index in [1.54, 1.807) is 12.1 Å². The summed E-state index contributed by atoms with van der Waals surface area (Å²) in [6.07, 6.45) is 0.634. The van der Waals surface area contributed by atoms with Crippen molar-refractivity contribution in [3.05, 3.63) is 46.5 Å². The van der Waals surface area contributed by atoms with Crippen LogP contribution in [0.3, 0.4) is 0 Å². The van der Waals surface area contributed by atoms with Gasteiger partial charge in [-0.05, 0) is 26.0 Å². The Morgan fingerprint density at radius 1 is 1.43 bits per heavy atom. The van der Waals surface area contributed by atoms with E-state index in [0.717, 1.165) is 17.9 Å². The molecule has 114 valence electrons. The quantitative estimate of drug-likeness (QED) is 0.823. The van der Waals surface area contributed by atoms with Gasteiger partial charge in [-0.2, -0.15) is 5.10 Å². The first kappa shape index (κ1) is 16.3. The highest BCUT2D eigenvalue weighted by Gasteiger charge is 2.16. The Morgan fingerprint density at radius 2 is 2.14 bits per heavy atom. The van der Waals surface area contributed by atoms with Crippen LogP contribution in [0.1, 0.15) is 18.3 Å². The second-order valence-corrected chi connectivity index (χ2v) is 6.31. The number of aromatic nitrogens is 2. The lowest BCUT2D eigenvalue weighted by Gasteiger charge is -2.13. The summed E-state index contributed by atoms with van der Waals surface area (Å²) in [5.41, 5.74) is 7.94. The van der Waals surface area contributed by atoms with Crippen molar-refractivity contribution in [2.45, 2.75) is 37.8 Å². The van der Waals surface area contributed by atoms with Crippen molar-refractivity contribution in [2.75, 3.05) is 5.75 Å². The van der Waals surface area contributed by atoms with Gasteiger partial charge in [-0.15, -0.1) is 11.8 Å². The molecule has 0 radical (unpaired) electrons. The molecule has 2 aromatic rings. The summed E-state index contributed by atoms with van der Waals surface area (Å²) < 4.78 is 15.4. The van der Waals surface area contributed by atoms with E-state index in [-0.39, 0.29) is 11.9 Å². The third-order valence-corrected chi connectivity index (χ3v) is 4.93. The molecule has 1 aromatic carbocycles. The van der Waals surface area contributed by atoms with Crippen molar-refractivity contribution in [1.82, 2.24) is 9.78 Å². The summed E-state index contributed by atoms with van der Waals surface area (Å²) in [7, 11) is 0. The van der Waals surface area contributed by atoms with Crippen molar-refractivity contribution in [3.8, 4) is 0 Å². The molecule has 6 heteroatoms. The normalized spacial score (nSPS) is 12.6. The first-order chi connectivity index (χ1) is 10.0. The standard InChI is InChI=1S/C15H19ClFN3S/c1-3-20-13(15(16)10(2)19-20)8-11(18)9-21-14-7-5-4-6-12(14)17/h4-7,11H,3,8-9,18H2,1-2H3. The highest BCUT2D eigenvalue weighted by atomic mass is 35.5. The van der Waals surface area contributed by atoms with Gasteiger partial charge in [0.2, 0.25) is 0 Å². The van der Waals surface area contributed by atoms with E-state index in [1.165, 1.54) is 17.8 Å². The first-order valence-corrected chi connectivity index (χ1v) is 8.24. The summed E-state index contributed by atoms with van der Waals surface area (Å²) in [5.74, 6) is 0.424. The molecule has 0 saturated heterocycles. The molecule has 0 spiro atoms. The van der Waals surface area contributed by atoms with Gasteiger partial charge in [-0.3, -0.25) is 4.68 Å². The lowest BCUT2D eigenvalue weighted by molar-refractivity contribution is 0.592. The Labute approximate surface area is 133 Å². The number of rotatable bonds is 6. The predicted octanol–water partition coefficient (Wildman–Crippen LogP) is 3.67. The number of hydrogen-bond acceptors (Lipinski definition) is 3. The van der Waals surface area contributed by atoms with Crippen LogP contribution in [0.25, 0.3) is 0 Å². The average molecular weight is 328 g/mol. The number of benzene rings is 1. The third-order valence-electron chi connectivity index (χ3n) is 3.20. The van der Waals surface area contributed by atoms with E-state index in [9.17, 15) is 4.39 Å². The summed E-state index contributed by atoms with van der Waals surface area (Å²) >= 11 is 7.70. The summed E-state index contributed by atoms with van der Waals surface area (Å²) in [6, 6.07) is 6.62. The molecule has 1 unspecified atom stereocenters.